The minimum atomic E-state index is 0.830. The maximum absolute atomic E-state index is 5.73. The summed E-state index contributed by atoms with van der Waals surface area (Å²) >= 11 is 0. The van der Waals surface area contributed by atoms with Gasteiger partial charge in [0.2, 0.25) is 0 Å². The van der Waals surface area contributed by atoms with Gasteiger partial charge in [-0.05, 0) is 17.7 Å². The summed E-state index contributed by atoms with van der Waals surface area (Å²) in [5.41, 5.74) is 2.01. The van der Waals surface area contributed by atoms with E-state index in [1.54, 1.807) is 0 Å². The Kier molecular flexibility index (Phi) is 2.27. The van der Waals surface area contributed by atoms with E-state index in [0.717, 1.165) is 12.1 Å². The first-order chi connectivity index (χ1) is 5.11. The van der Waals surface area contributed by atoms with Crippen LogP contribution in [-0.2, 0) is 0 Å². The molecule has 0 spiro atoms. The van der Waals surface area contributed by atoms with Gasteiger partial charge in [-0.3, -0.25) is 0 Å². The molecule has 11 heavy (non-hydrogen) atoms. The van der Waals surface area contributed by atoms with Crippen molar-refractivity contribution < 1.29 is 0 Å². The smallest absolute Gasteiger partial charge is 0.138 e. The van der Waals surface area contributed by atoms with Gasteiger partial charge in [-0.25, -0.2) is 0 Å². The second-order valence-corrected chi connectivity index (χ2v) is 2.97. The van der Waals surface area contributed by atoms with Crippen molar-refractivity contribution in [2.45, 2.75) is 0 Å². The van der Waals surface area contributed by atoms with E-state index in [0.29, 0.717) is 0 Å². The highest BCUT2D eigenvalue weighted by Crippen LogP contribution is 2.11. The Bertz CT molecular complexity index is 206. The molecule has 0 aromatic heterocycles. The lowest BCUT2D eigenvalue weighted by Gasteiger charge is -2.26. The van der Waals surface area contributed by atoms with Crippen LogP contribution in [0.15, 0.2) is 23.4 Å². The molecule has 0 atom stereocenters. The fraction of sp³-hybridized carbons (Fsp3) is 0.500. The predicted molar refractivity (Wildman–Crippen MR) is 48.2 cm³/mol. The highest BCUT2D eigenvalue weighted by molar-refractivity contribution is 6.21. The average Bonchev–Trinajstić information content (AvgIpc) is 1.94. The molecule has 2 nitrogen and oxygen atoms in total. The fourth-order valence-corrected chi connectivity index (χ4v) is 0.968. The van der Waals surface area contributed by atoms with Crippen LogP contribution in [0.1, 0.15) is 0 Å². The molecule has 0 aliphatic carbocycles. The Morgan fingerprint density at radius 2 is 2.18 bits per heavy atom. The maximum Gasteiger partial charge on any atom is 0.138 e. The van der Waals surface area contributed by atoms with Crippen LogP contribution in [0.3, 0.4) is 0 Å². The van der Waals surface area contributed by atoms with Gasteiger partial charge in [-0.1, -0.05) is 0 Å². The van der Waals surface area contributed by atoms with E-state index < -0.39 is 0 Å². The number of allylic oxidation sites excluding steroid dienone is 1. The largest absolute Gasteiger partial charge is 0.383 e. The van der Waals surface area contributed by atoms with Gasteiger partial charge >= 0.3 is 0 Å². The van der Waals surface area contributed by atoms with Crippen LogP contribution in [0.25, 0.3) is 0 Å². The summed E-state index contributed by atoms with van der Waals surface area (Å²) in [5, 5.41) is 0. The molecule has 1 aliphatic heterocycles. The van der Waals surface area contributed by atoms with Crippen LogP contribution in [0.2, 0.25) is 0 Å². The van der Waals surface area contributed by atoms with Gasteiger partial charge in [0, 0.05) is 33.4 Å². The monoisotopic (exact) mass is 148 g/mol. The van der Waals surface area contributed by atoms with Gasteiger partial charge in [0.15, 0.2) is 0 Å². The summed E-state index contributed by atoms with van der Waals surface area (Å²) in [5.74, 6) is 0. The van der Waals surface area contributed by atoms with Gasteiger partial charge in [-0.15, -0.1) is 0 Å². The molecule has 0 unspecified atom stereocenters. The van der Waals surface area contributed by atoms with E-state index in [9.17, 15) is 0 Å². The lowest BCUT2D eigenvalue weighted by atomic mass is 9.99. The highest BCUT2D eigenvalue weighted by atomic mass is 15.1. The molecule has 1 aliphatic rings. The Morgan fingerprint density at radius 3 is 2.64 bits per heavy atom. The van der Waals surface area contributed by atoms with Crippen LogP contribution in [0, 0.1) is 0 Å². The second-order valence-electron chi connectivity index (χ2n) is 2.97. The third-order valence-electron chi connectivity index (χ3n) is 1.83. The molecule has 0 fully saturated rings. The minimum absolute atomic E-state index is 0.830. The predicted octanol–water partition coefficient (Wildman–Crippen LogP) is 0.387. The van der Waals surface area contributed by atoms with Crippen LogP contribution in [0.5, 0.6) is 0 Å². The summed E-state index contributed by atoms with van der Waals surface area (Å²) in [7, 11) is 11.7. The molecule has 0 N–H and O–H groups in total. The molecule has 3 heteroatoms. The molecule has 0 amide bonds. The first kappa shape index (κ1) is 8.24. The highest BCUT2D eigenvalue weighted by Gasteiger charge is 2.05. The molecule has 0 saturated heterocycles. The number of hydrogen-bond donors (Lipinski definition) is 0. The zero-order valence-corrected chi connectivity index (χ0v) is 7.33. The zero-order chi connectivity index (χ0) is 8.43. The molecule has 0 saturated carbocycles. The number of rotatable bonds is 1. The molecule has 1 heterocycles. The summed E-state index contributed by atoms with van der Waals surface area (Å²) in [6, 6.07) is 0. The maximum atomic E-state index is 5.73. The normalized spacial score (nSPS) is 17.5. The first-order valence-corrected chi connectivity index (χ1v) is 3.67. The summed E-state index contributed by atoms with van der Waals surface area (Å²) < 4.78 is 0. The van der Waals surface area contributed by atoms with E-state index in [2.05, 4.69) is 11.0 Å². The number of likely N-dealkylation sites (N-methyl/N-ethyl adjacent to an activating group) is 2. The quantitative estimate of drug-likeness (QED) is 0.496. The number of nitrogens with zero attached hydrogens (tertiary/aromatic N) is 2. The van der Waals surface area contributed by atoms with Crippen LogP contribution >= 0.6 is 0 Å². The molecule has 1 rings (SSSR count). The van der Waals surface area contributed by atoms with Crippen LogP contribution in [-0.4, -0.2) is 45.3 Å². The Labute approximate surface area is 69.6 Å². The first-order valence-electron chi connectivity index (χ1n) is 3.67. The Hall–Kier alpha value is -0.855. The van der Waals surface area contributed by atoms with Gasteiger partial charge in [0.05, 0.1) is 0 Å². The van der Waals surface area contributed by atoms with Gasteiger partial charge < -0.3 is 9.80 Å². The van der Waals surface area contributed by atoms with E-state index in [1.807, 2.05) is 32.1 Å². The van der Waals surface area contributed by atoms with Crippen molar-refractivity contribution in [1.29, 1.82) is 0 Å². The van der Waals surface area contributed by atoms with Crippen molar-refractivity contribution in [1.82, 2.24) is 9.80 Å². The molecular weight excluding hydrogens is 135 g/mol. The lowest BCUT2D eigenvalue weighted by Crippen LogP contribution is -2.24. The third kappa shape index (κ3) is 1.79. The second kappa shape index (κ2) is 3.03. The van der Waals surface area contributed by atoms with E-state index in [-0.39, 0.29) is 0 Å². The van der Waals surface area contributed by atoms with Crippen molar-refractivity contribution in [3.05, 3.63) is 23.4 Å². The average molecular weight is 148 g/mol. The topological polar surface area (TPSA) is 6.48 Å². The van der Waals surface area contributed by atoms with Crippen molar-refractivity contribution in [3.8, 4) is 0 Å². The molecule has 0 bridgehead atoms. The summed E-state index contributed by atoms with van der Waals surface area (Å²) in [6.07, 6.45) is 4.12. The zero-order valence-electron chi connectivity index (χ0n) is 7.33. The molecule has 0 aromatic rings. The summed E-state index contributed by atoms with van der Waals surface area (Å²) in [6.45, 7) is 0.899. The van der Waals surface area contributed by atoms with Gasteiger partial charge in [-0.2, -0.15) is 0 Å². The molecule has 2 radical (unpaired) electrons. The lowest BCUT2D eigenvalue weighted by molar-refractivity contribution is 0.456. The third-order valence-corrected chi connectivity index (χ3v) is 1.83. The SMILES string of the molecule is [B]C1=CC(N(C)C)=CCN1C. The number of hydrogen-bond acceptors (Lipinski definition) is 2. The Balaban J connectivity index is 2.74. The standard InChI is InChI=1S/C8H13BN2/c1-10(2)7-4-5-11(3)8(9)6-7/h4,6H,5H2,1-3H3. The molecular formula is C8H13BN2. The van der Waals surface area contributed by atoms with Crippen molar-refractivity contribution >= 4 is 7.85 Å². The van der Waals surface area contributed by atoms with E-state index >= 15 is 0 Å². The van der Waals surface area contributed by atoms with Crippen LogP contribution < -0.4 is 0 Å². The molecule has 0 aromatic carbocycles. The van der Waals surface area contributed by atoms with Crippen molar-refractivity contribution in [3.63, 3.8) is 0 Å². The van der Waals surface area contributed by atoms with Crippen molar-refractivity contribution in [2.75, 3.05) is 27.7 Å². The molecule has 58 valence electrons. The van der Waals surface area contributed by atoms with Crippen LogP contribution in [0.4, 0.5) is 0 Å². The van der Waals surface area contributed by atoms with E-state index in [4.69, 9.17) is 7.85 Å². The minimum Gasteiger partial charge on any atom is -0.383 e. The van der Waals surface area contributed by atoms with E-state index in [1.165, 1.54) is 5.70 Å². The summed E-state index contributed by atoms with van der Waals surface area (Å²) in [4.78, 5) is 4.06. The Morgan fingerprint density at radius 1 is 1.55 bits per heavy atom. The van der Waals surface area contributed by atoms with Gasteiger partial charge in [0.25, 0.3) is 0 Å². The fourth-order valence-electron chi connectivity index (χ4n) is 0.968. The van der Waals surface area contributed by atoms with Crippen molar-refractivity contribution in [2.24, 2.45) is 0 Å². The van der Waals surface area contributed by atoms with Gasteiger partial charge in [0.1, 0.15) is 7.85 Å².